The van der Waals surface area contributed by atoms with Gasteiger partial charge in [0, 0.05) is 23.2 Å². The molecule has 2 aromatic carbocycles. The van der Waals surface area contributed by atoms with Gasteiger partial charge >= 0.3 is 35.6 Å². The number of nitrogens with zero attached hydrogens (tertiary/aromatic N) is 6. The summed E-state index contributed by atoms with van der Waals surface area (Å²) in [6.07, 6.45) is 3.65. The minimum absolute atomic E-state index is 0. The van der Waals surface area contributed by atoms with E-state index in [2.05, 4.69) is 9.97 Å². The van der Waals surface area contributed by atoms with Crippen molar-refractivity contribution < 1.29 is 50.3 Å². The van der Waals surface area contributed by atoms with E-state index < -0.39 is 5.09 Å². The summed E-state index contributed by atoms with van der Waals surface area (Å²) in [4.78, 5) is 52.1. The Labute approximate surface area is 255 Å². The normalized spacial score (nSPS) is 10.2. The predicted octanol–water partition coefficient (Wildman–Crippen LogP) is 5.26. The first-order valence-electron chi connectivity index (χ1n) is 11.7. The van der Waals surface area contributed by atoms with Gasteiger partial charge in [-0.15, -0.1) is 0 Å². The van der Waals surface area contributed by atoms with Gasteiger partial charge < -0.3 is 15.3 Å². The number of aromatic nitrogens is 5. The number of pyridine rings is 3. The molecule has 0 aliphatic rings. The molecule has 0 saturated heterocycles. The maximum Gasteiger partial charge on any atom is 3.00 e. The summed E-state index contributed by atoms with van der Waals surface area (Å²) >= 11 is 0. The smallest absolute Gasteiger partial charge is 0.356 e. The zero-order valence-corrected chi connectivity index (χ0v) is 25.1. The van der Waals surface area contributed by atoms with E-state index in [4.69, 9.17) is 30.3 Å². The van der Waals surface area contributed by atoms with Crippen LogP contribution in [0.2, 0.25) is 0 Å². The molecule has 4 aromatic heterocycles. The summed E-state index contributed by atoms with van der Waals surface area (Å²) in [6.45, 7) is 2.81. The number of Topliss-reactive ketones (excluding diaryl/α,β-unsaturated/α-hetero) is 2. The molecule has 40 heavy (non-hydrogen) atoms. The number of carbonyl (C=O) groups is 2. The van der Waals surface area contributed by atoms with Gasteiger partial charge in [-0.1, -0.05) is 18.2 Å². The second-order valence-electron chi connectivity index (χ2n) is 8.42. The number of para-hydroxylation sites is 2. The maximum atomic E-state index is 10.0. The van der Waals surface area contributed by atoms with Crippen molar-refractivity contribution in [2.24, 2.45) is 0 Å². The summed E-state index contributed by atoms with van der Waals surface area (Å²) in [5, 5.41) is 16.6. The van der Waals surface area contributed by atoms with E-state index >= 15 is 0 Å². The third-order valence-electron chi connectivity index (χ3n) is 5.43. The van der Waals surface area contributed by atoms with E-state index in [0.29, 0.717) is 0 Å². The topological polar surface area (TPSA) is 165 Å². The number of fused-ring (bicyclic) bond motifs is 7. The molecular formula is C28H21LaN6O5+2. The van der Waals surface area contributed by atoms with Gasteiger partial charge in [0.1, 0.15) is 11.6 Å². The Bertz CT molecular complexity index is 1830. The maximum absolute atomic E-state index is 10.0. The van der Waals surface area contributed by atoms with Crippen LogP contribution in [0.15, 0.2) is 79.1 Å². The monoisotopic (exact) mass is 660 g/mol. The van der Waals surface area contributed by atoms with Crippen LogP contribution in [0.3, 0.4) is 0 Å². The summed E-state index contributed by atoms with van der Waals surface area (Å²) in [5.41, 5.74) is 6.72. The van der Waals surface area contributed by atoms with Gasteiger partial charge in [0.15, 0.2) is 0 Å². The first-order valence-corrected chi connectivity index (χ1v) is 11.7. The van der Waals surface area contributed by atoms with Crippen LogP contribution in [-0.2, 0) is 9.59 Å². The molecule has 4 heterocycles. The molecule has 12 heteroatoms. The molecule has 0 fully saturated rings. The van der Waals surface area contributed by atoms with Gasteiger partial charge in [-0.3, -0.25) is 19.6 Å². The summed E-state index contributed by atoms with van der Waals surface area (Å²) in [7, 11) is 0. The Kier molecular flexibility index (Phi) is 10.4. The molecule has 0 N–H and O–H groups in total. The van der Waals surface area contributed by atoms with Gasteiger partial charge in [0.25, 0.3) is 0 Å². The van der Waals surface area contributed by atoms with E-state index in [1.165, 1.54) is 13.8 Å². The number of rotatable bonds is 3. The third kappa shape index (κ3) is 7.23. The average Bonchev–Trinajstić information content (AvgIpc) is 2.92. The Morgan fingerprint density at radius 1 is 0.650 bits per heavy atom. The summed E-state index contributed by atoms with van der Waals surface area (Å²) in [6, 6.07) is 21.7. The van der Waals surface area contributed by atoms with E-state index in [1.807, 2.05) is 66.7 Å². The van der Waals surface area contributed by atoms with Crippen molar-refractivity contribution in [1.29, 1.82) is 0 Å². The fourth-order valence-electron chi connectivity index (χ4n) is 4.00. The number of hydrogen-bond acceptors (Lipinski definition) is 10. The Balaban J connectivity index is 0.000000317. The molecule has 0 radical (unpaired) electrons. The van der Waals surface area contributed by atoms with Crippen LogP contribution in [0.1, 0.15) is 20.3 Å². The summed E-state index contributed by atoms with van der Waals surface area (Å²) < 4.78 is 0. The SMILES string of the molecule is CC(=O)CC(C)=O.O=[N+]([O-])[O-].[La+3].c1ccc(-c2ccc3c(n2)c2ncccc2c2nc4ccccc4nc32)nc1. The second kappa shape index (κ2) is 13.7. The van der Waals surface area contributed by atoms with Gasteiger partial charge in [0.2, 0.25) is 0 Å². The quantitative estimate of drug-likeness (QED) is 0.0804. The molecule has 0 atom stereocenters. The van der Waals surface area contributed by atoms with Crippen molar-refractivity contribution in [1.82, 2.24) is 24.9 Å². The number of hydrogen-bond donors (Lipinski definition) is 0. The molecule has 0 bridgehead atoms. The van der Waals surface area contributed by atoms with Crippen molar-refractivity contribution in [3.63, 3.8) is 0 Å². The van der Waals surface area contributed by atoms with Crippen LogP contribution in [0.25, 0.3) is 55.3 Å². The molecule has 6 aromatic rings. The molecular weight excluding hydrogens is 639 g/mol. The Hall–Kier alpha value is -4.26. The zero-order valence-electron chi connectivity index (χ0n) is 21.5. The van der Waals surface area contributed by atoms with Gasteiger partial charge in [0.05, 0.1) is 56.0 Å². The van der Waals surface area contributed by atoms with Gasteiger partial charge in [-0.25, -0.2) is 15.0 Å². The molecule has 0 aliphatic heterocycles. The van der Waals surface area contributed by atoms with E-state index in [-0.39, 0.29) is 53.6 Å². The number of carbonyl (C=O) groups excluding carboxylic acids is 2. The van der Waals surface area contributed by atoms with E-state index in [9.17, 15) is 9.59 Å². The largest absolute Gasteiger partial charge is 3.00 e. The molecule has 0 unspecified atom stereocenters. The number of ketones is 2. The summed E-state index contributed by atoms with van der Waals surface area (Å²) in [5.74, 6) is -0.125. The van der Waals surface area contributed by atoms with Crippen molar-refractivity contribution >= 4 is 55.4 Å². The predicted molar refractivity (Wildman–Crippen MR) is 147 cm³/mol. The van der Waals surface area contributed by atoms with E-state index in [1.54, 1.807) is 12.4 Å². The van der Waals surface area contributed by atoms with Crippen molar-refractivity contribution in [3.05, 3.63) is 94.4 Å². The molecule has 6 rings (SSSR count). The average molecular weight is 660 g/mol. The second-order valence-corrected chi connectivity index (χ2v) is 8.42. The van der Waals surface area contributed by atoms with Crippen LogP contribution in [-0.4, -0.2) is 41.6 Å². The van der Waals surface area contributed by atoms with Crippen LogP contribution >= 0.6 is 0 Å². The minimum atomic E-state index is -1.75. The van der Waals surface area contributed by atoms with Crippen LogP contribution in [0, 0.1) is 50.9 Å². The first kappa shape index (κ1) is 30.3. The van der Waals surface area contributed by atoms with Crippen LogP contribution < -0.4 is 0 Å². The number of benzene rings is 2. The van der Waals surface area contributed by atoms with Crippen molar-refractivity contribution in [3.8, 4) is 11.4 Å². The Morgan fingerprint density at radius 3 is 1.70 bits per heavy atom. The van der Waals surface area contributed by atoms with Crippen LogP contribution in [0.4, 0.5) is 0 Å². The fraction of sp³-hybridized carbons (Fsp3) is 0.107. The molecule has 0 spiro atoms. The van der Waals surface area contributed by atoms with Crippen molar-refractivity contribution in [2.45, 2.75) is 20.3 Å². The Morgan fingerprint density at radius 2 is 1.18 bits per heavy atom. The first-order chi connectivity index (χ1) is 18.7. The molecule has 11 nitrogen and oxygen atoms in total. The standard InChI is InChI=1S/C23H13N5.C5H8O2.La.NO3/c1-2-9-18-17(8-1)26-22-14-6-5-13-25-20(14)21-15(23(22)27-18)10-11-19(28-21)16-7-3-4-12-24-16;1-4(6)3-5(2)7;;2-1(3)4/h1-13H;3H2,1-2H3;;/q;;+3;-1. The molecule has 0 aliphatic carbocycles. The molecule has 0 amide bonds. The van der Waals surface area contributed by atoms with Gasteiger partial charge in [-0.2, -0.15) is 0 Å². The van der Waals surface area contributed by atoms with Crippen molar-refractivity contribution in [2.75, 3.05) is 0 Å². The molecule has 0 saturated carbocycles. The third-order valence-corrected chi connectivity index (χ3v) is 5.43. The zero-order chi connectivity index (χ0) is 27.9. The van der Waals surface area contributed by atoms with Crippen LogP contribution in [0.5, 0.6) is 0 Å². The van der Waals surface area contributed by atoms with Gasteiger partial charge in [-0.05, 0) is 62.4 Å². The minimum Gasteiger partial charge on any atom is -0.356 e. The van der Waals surface area contributed by atoms with E-state index in [0.717, 1.165) is 55.3 Å². The molecule has 194 valence electrons. The fourth-order valence-corrected chi connectivity index (χ4v) is 4.00.